The van der Waals surface area contributed by atoms with Crippen LogP contribution in [0.3, 0.4) is 0 Å². The Morgan fingerprint density at radius 1 is 0.296 bits per heavy atom. The number of pyridine rings is 4. The molecule has 6 atom stereocenters. The van der Waals surface area contributed by atoms with Gasteiger partial charge in [0.1, 0.15) is 16.9 Å². The molecular weight excluding hydrogens is 1520 g/mol. The van der Waals surface area contributed by atoms with Gasteiger partial charge in [0, 0.05) is 54.6 Å². The van der Waals surface area contributed by atoms with E-state index in [4.69, 9.17) is 28.8 Å². The number of hydrogen-bond acceptors (Lipinski definition) is 6. The van der Waals surface area contributed by atoms with E-state index in [-0.39, 0.29) is 0 Å². The van der Waals surface area contributed by atoms with Crippen molar-refractivity contribution < 1.29 is 8.83 Å². The van der Waals surface area contributed by atoms with Crippen LogP contribution in [0.2, 0.25) is 0 Å². The number of rotatable bonds is 9. The predicted octanol–water partition coefficient (Wildman–Crippen LogP) is 31.6. The highest BCUT2D eigenvalue weighted by Gasteiger charge is 2.46. The summed E-state index contributed by atoms with van der Waals surface area (Å²) in [7, 11) is 0. The molecule has 6 unspecified atom stereocenters. The van der Waals surface area contributed by atoms with E-state index in [0.29, 0.717) is 47.3 Å². The van der Waals surface area contributed by atoms with Gasteiger partial charge in [-0.15, -0.1) is 0 Å². The molecule has 8 heteroatoms. The summed E-state index contributed by atoms with van der Waals surface area (Å²) in [5.74, 6) is 6.71. The molecule has 125 heavy (non-hydrogen) atoms. The van der Waals surface area contributed by atoms with Crippen molar-refractivity contribution in [3.05, 3.63) is 371 Å². The van der Waals surface area contributed by atoms with E-state index in [2.05, 4.69) is 333 Å². The number of nitrogens with zero attached hydrogens (tertiary/aromatic N) is 6. The van der Waals surface area contributed by atoms with E-state index in [0.717, 1.165) is 73.3 Å². The average Bonchev–Trinajstić information content (AvgIpc) is 1.54. The molecule has 0 amide bonds. The second kappa shape index (κ2) is 29.9. The van der Waals surface area contributed by atoms with Crippen LogP contribution in [0.1, 0.15) is 206 Å². The second-order valence-electron chi connectivity index (χ2n) is 37.2. The van der Waals surface area contributed by atoms with Crippen LogP contribution in [0.25, 0.3) is 167 Å². The number of aromatic nitrogens is 6. The van der Waals surface area contributed by atoms with Crippen molar-refractivity contribution in [3.63, 3.8) is 0 Å². The van der Waals surface area contributed by atoms with Crippen LogP contribution in [-0.2, 0) is 0 Å². The zero-order valence-electron chi connectivity index (χ0n) is 70.9. The van der Waals surface area contributed by atoms with Crippen molar-refractivity contribution in [2.45, 2.75) is 158 Å². The maximum absolute atomic E-state index is 6.42. The van der Waals surface area contributed by atoms with Crippen molar-refractivity contribution in [1.82, 2.24) is 29.1 Å². The van der Waals surface area contributed by atoms with Gasteiger partial charge in [-0.2, -0.15) is 0 Å². The minimum atomic E-state index is 0.540. The molecule has 29 rings (SSSR count). The molecule has 0 spiro atoms. The van der Waals surface area contributed by atoms with Crippen LogP contribution in [0.5, 0.6) is 0 Å². The second-order valence-corrected chi connectivity index (χ2v) is 37.2. The lowest BCUT2D eigenvalue weighted by atomic mass is 9.65. The summed E-state index contributed by atoms with van der Waals surface area (Å²) in [6.45, 7) is 6.74. The van der Waals surface area contributed by atoms with Gasteiger partial charge in [-0.25, -0.2) is 19.9 Å². The SMILES string of the molecule is CC(C)c1ccc2nc(-c3cc4ccccc4o3)c3c(c2c1)C1CCC3C1.Cc1ccccc1-n1c(-c2nc3ccccc3c3c2C2CCC3C2)cc2ccccc21.c1ccc(-c2ccc(-c3nc4ccccc4c4c3C3CCC4CC3)cc2)cc1.c1ccc(-c2cccc(-n3c(-c4nc5oc6ccccc6c5c5c4C4CCC5C4)cc4ccccc43)c2)cc1. The van der Waals surface area contributed by atoms with Gasteiger partial charge < -0.3 is 18.0 Å². The molecule has 8 heterocycles. The third-order valence-corrected chi connectivity index (χ3v) is 30.0. The molecule has 9 aliphatic rings. The third kappa shape index (κ3) is 12.3. The molecule has 606 valence electrons. The van der Waals surface area contributed by atoms with Gasteiger partial charge in [-0.3, -0.25) is 0 Å². The first kappa shape index (κ1) is 74.1. The maximum atomic E-state index is 6.42. The van der Waals surface area contributed by atoms with Crippen LogP contribution in [-0.4, -0.2) is 29.1 Å². The molecule has 8 bridgehead atoms. The van der Waals surface area contributed by atoms with Gasteiger partial charge >= 0.3 is 0 Å². The lowest BCUT2D eigenvalue weighted by Gasteiger charge is -2.40. The fraction of sp³-hybridized carbons (Fsp3) is 0.214. The Hall–Kier alpha value is -13.6. The number of furan rings is 2. The topological polar surface area (TPSA) is 87.7 Å². The van der Waals surface area contributed by atoms with Gasteiger partial charge in [0.2, 0.25) is 5.71 Å². The summed E-state index contributed by atoms with van der Waals surface area (Å²) in [5.41, 5.74) is 39.0. The zero-order valence-corrected chi connectivity index (χ0v) is 70.9. The number of hydrogen-bond donors (Lipinski definition) is 0. The predicted molar refractivity (Wildman–Crippen MR) is 514 cm³/mol. The molecule has 9 aliphatic carbocycles. The lowest BCUT2D eigenvalue weighted by molar-refractivity contribution is 0.361. The summed E-state index contributed by atoms with van der Waals surface area (Å²) in [6, 6.07) is 113. The fourth-order valence-electron chi connectivity index (χ4n) is 24.4. The van der Waals surface area contributed by atoms with E-state index < -0.39 is 0 Å². The average molecular weight is 1620 g/mol. The van der Waals surface area contributed by atoms with Crippen molar-refractivity contribution in [1.29, 1.82) is 0 Å². The number of benzene rings is 12. The molecule has 0 N–H and O–H groups in total. The standard InChI is InChI=1S/C36H26N2O.C29H24N2.C27H23N.C25H23NO/c1-2-9-22(10-3-1)23-12-8-13-27(20-23)38-29-15-6-4-11-24(29)21-30(38)35-33-26-18-17-25(19-26)32(33)34-28-14-5-7-16-31(28)39-36(34)37-35;1-18-8-2-6-12-24(18)31-25-13-7-3-9-19(25)17-26(31)29-28-21-15-14-20(16-21)27(28)22-10-4-5-11-23(22)30-29;1-2-6-18(7-3-1)19-10-16-22(17-11-19)27-26-21-14-12-20(13-15-21)25(26)23-8-4-5-9-24(23)28-27;1-14(2)15-9-10-20-19(12-15)23-17-7-8-18(11-17)24(23)25(26-20)22-13-16-5-3-4-6-21(16)27-22/h1-16,20-21,25-26H,17-19H2;2-13,17,20-21H,14-16H2,1H3;1-11,16-17,20-21H,12-15H2;3-6,9-10,12-14,17-18H,7-8,11H2,1-2H3. The number of fused-ring (bicyclic) bond motifs is 29. The van der Waals surface area contributed by atoms with Gasteiger partial charge in [-0.1, -0.05) is 244 Å². The number of para-hydroxylation sites is 7. The molecule has 0 aliphatic heterocycles. The molecule has 4 fully saturated rings. The summed E-state index contributed by atoms with van der Waals surface area (Å²) in [6.07, 6.45) is 16.9. The van der Waals surface area contributed by atoms with Crippen LogP contribution in [0.15, 0.2) is 324 Å². The van der Waals surface area contributed by atoms with E-state index in [1.807, 2.05) is 12.1 Å². The van der Waals surface area contributed by atoms with Crippen molar-refractivity contribution >= 4 is 87.6 Å². The lowest BCUT2D eigenvalue weighted by Crippen LogP contribution is -2.23. The molecule has 8 aromatic heterocycles. The van der Waals surface area contributed by atoms with Gasteiger partial charge in [0.15, 0.2) is 5.76 Å². The smallest absolute Gasteiger partial charge is 0.228 e. The quantitative estimate of drug-likeness (QED) is 0.143. The summed E-state index contributed by atoms with van der Waals surface area (Å²) >= 11 is 0. The number of aryl methyl sites for hydroxylation is 1. The highest BCUT2D eigenvalue weighted by atomic mass is 16.3. The molecule has 4 saturated carbocycles. The first-order valence-corrected chi connectivity index (χ1v) is 46.0. The van der Waals surface area contributed by atoms with Crippen LogP contribution in [0, 0.1) is 6.92 Å². The highest BCUT2D eigenvalue weighted by molar-refractivity contribution is 6.08. The Morgan fingerprint density at radius 2 is 0.744 bits per heavy atom. The molecule has 20 aromatic rings. The Bertz CT molecular complexity index is 7670. The van der Waals surface area contributed by atoms with Gasteiger partial charge in [-0.05, 0) is 306 Å². The van der Waals surface area contributed by atoms with E-state index in [1.54, 1.807) is 22.3 Å². The van der Waals surface area contributed by atoms with Crippen LogP contribution >= 0.6 is 0 Å². The molecule has 8 nitrogen and oxygen atoms in total. The summed E-state index contributed by atoms with van der Waals surface area (Å²) in [4.78, 5) is 21.0. The Labute approximate surface area is 728 Å². The maximum Gasteiger partial charge on any atom is 0.228 e. The summed E-state index contributed by atoms with van der Waals surface area (Å²) < 4.78 is 17.5. The molecule has 12 aromatic carbocycles. The van der Waals surface area contributed by atoms with E-state index in [1.165, 1.54) is 216 Å². The van der Waals surface area contributed by atoms with Crippen molar-refractivity contribution in [2.75, 3.05) is 0 Å². The molecular formula is C117H96N6O2. The van der Waals surface area contributed by atoms with Gasteiger partial charge in [0.25, 0.3) is 0 Å². The zero-order chi connectivity index (χ0) is 82.6. The molecule has 0 radical (unpaired) electrons. The largest absolute Gasteiger partial charge is 0.454 e. The normalized spacial score (nSPS) is 19.5. The first-order valence-electron chi connectivity index (χ1n) is 46.0. The van der Waals surface area contributed by atoms with E-state index in [9.17, 15) is 0 Å². The first-order chi connectivity index (χ1) is 61.7. The Morgan fingerprint density at radius 3 is 1.40 bits per heavy atom. The van der Waals surface area contributed by atoms with Gasteiger partial charge in [0.05, 0.1) is 61.4 Å². The van der Waals surface area contributed by atoms with E-state index >= 15 is 0 Å². The Balaban J connectivity index is 0.0000000921. The van der Waals surface area contributed by atoms with Crippen molar-refractivity contribution in [2.24, 2.45) is 0 Å². The van der Waals surface area contributed by atoms with Crippen molar-refractivity contribution in [3.8, 4) is 79.1 Å². The minimum absolute atomic E-state index is 0.540. The van der Waals surface area contributed by atoms with Crippen LogP contribution < -0.4 is 0 Å². The monoisotopic (exact) mass is 1620 g/mol. The fourth-order valence-corrected chi connectivity index (χ4v) is 24.4. The third-order valence-electron chi connectivity index (χ3n) is 30.0. The highest BCUT2D eigenvalue weighted by Crippen LogP contribution is 2.62. The minimum Gasteiger partial charge on any atom is -0.454 e. The van der Waals surface area contributed by atoms with Crippen LogP contribution in [0.4, 0.5) is 0 Å². The Kier molecular flexibility index (Phi) is 17.7. The molecule has 0 saturated heterocycles. The summed E-state index contributed by atoms with van der Waals surface area (Å²) in [5, 5.41) is 10.2.